The molecular weight excluding hydrogens is 231 g/mol. The van der Waals surface area contributed by atoms with Crippen LogP contribution in [-0.4, -0.2) is 15.2 Å². The number of hydrogen-bond acceptors (Lipinski definition) is 3. The van der Waals surface area contributed by atoms with Crippen LogP contribution in [0.5, 0.6) is 0 Å². The molecule has 0 amide bonds. The summed E-state index contributed by atoms with van der Waals surface area (Å²) in [6.07, 6.45) is 1.45. The summed E-state index contributed by atoms with van der Waals surface area (Å²) in [5.74, 6) is 0.355. The molecule has 0 radical (unpaired) electrons. The fourth-order valence-electron chi connectivity index (χ4n) is 1.29. The van der Waals surface area contributed by atoms with Gasteiger partial charge >= 0.3 is 0 Å². The van der Waals surface area contributed by atoms with Gasteiger partial charge in [-0.25, -0.2) is 9.37 Å². The second-order valence-corrected chi connectivity index (χ2v) is 3.69. The third-order valence-electron chi connectivity index (χ3n) is 2.07. The van der Waals surface area contributed by atoms with Crippen LogP contribution in [0.25, 0.3) is 0 Å². The summed E-state index contributed by atoms with van der Waals surface area (Å²) in [6.45, 7) is 1.18. The minimum atomic E-state index is -0.402. The Kier molecular flexibility index (Phi) is 3.48. The number of aromatic amines is 1. The molecule has 16 heavy (non-hydrogen) atoms. The van der Waals surface area contributed by atoms with E-state index < -0.39 is 5.82 Å². The zero-order chi connectivity index (χ0) is 11.4. The average Bonchev–Trinajstić information content (AvgIpc) is 2.76. The molecule has 2 rings (SSSR count). The van der Waals surface area contributed by atoms with Crippen LogP contribution in [-0.2, 0) is 13.1 Å². The van der Waals surface area contributed by atoms with E-state index >= 15 is 0 Å². The molecule has 0 unspecified atom stereocenters. The van der Waals surface area contributed by atoms with Gasteiger partial charge in [-0.3, -0.25) is 5.10 Å². The SMILES string of the molecule is Fc1ccc(CNCc2ncn[nH]2)cc1Cl. The Hall–Kier alpha value is -1.46. The Bertz CT molecular complexity index is 458. The summed E-state index contributed by atoms with van der Waals surface area (Å²) in [5.41, 5.74) is 0.922. The Labute approximate surface area is 96.9 Å². The molecule has 2 N–H and O–H groups in total. The number of nitrogens with zero attached hydrogens (tertiary/aromatic N) is 2. The lowest BCUT2D eigenvalue weighted by Crippen LogP contribution is -2.13. The highest BCUT2D eigenvalue weighted by molar-refractivity contribution is 6.30. The monoisotopic (exact) mass is 240 g/mol. The van der Waals surface area contributed by atoms with Gasteiger partial charge < -0.3 is 5.32 Å². The van der Waals surface area contributed by atoms with Crippen molar-refractivity contribution in [3.05, 3.63) is 46.8 Å². The second-order valence-electron chi connectivity index (χ2n) is 3.28. The van der Waals surface area contributed by atoms with Crippen molar-refractivity contribution in [3.63, 3.8) is 0 Å². The number of halogens is 2. The molecule has 6 heteroatoms. The minimum absolute atomic E-state index is 0.138. The first kappa shape index (κ1) is 11.0. The number of hydrogen-bond donors (Lipinski definition) is 2. The highest BCUT2D eigenvalue weighted by Gasteiger charge is 2.01. The van der Waals surface area contributed by atoms with Crippen molar-refractivity contribution in [1.29, 1.82) is 0 Å². The molecular formula is C10H10ClFN4. The van der Waals surface area contributed by atoms with Crippen LogP contribution in [0.4, 0.5) is 4.39 Å². The van der Waals surface area contributed by atoms with Gasteiger partial charge in [-0.1, -0.05) is 17.7 Å². The van der Waals surface area contributed by atoms with E-state index in [9.17, 15) is 4.39 Å². The minimum Gasteiger partial charge on any atom is -0.306 e. The van der Waals surface area contributed by atoms with Crippen LogP contribution in [0.15, 0.2) is 24.5 Å². The molecule has 0 aliphatic heterocycles. The van der Waals surface area contributed by atoms with Gasteiger partial charge in [0.15, 0.2) is 0 Å². The van der Waals surface area contributed by atoms with E-state index in [0.717, 1.165) is 11.4 Å². The van der Waals surface area contributed by atoms with E-state index in [1.54, 1.807) is 12.1 Å². The molecule has 0 bridgehead atoms. The third kappa shape index (κ3) is 2.77. The predicted molar refractivity (Wildman–Crippen MR) is 58.3 cm³/mol. The lowest BCUT2D eigenvalue weighted by Gasteiger charge is -2.03. The van der Waals surface area contributed by atoms with Crippen molar-refractivity contribution in [2.75, 3.05) is 0 Å². The second kappa shape index (κ2) is 5.05. The first-order valence-corrected chi connectivity index (χ1v) is 5.12. The highest BCUT2D eigenvalue weighted by Crippen LogP contribution is 2.15. The fraction of sp³-hybridized carbons (Fsp3) is 0.200. The fourth-order valence-corrected chi connectivity index (χ4v) is 1.49. The summed E-state index contributed by atoms with van der Waals surface area (Å²) in [5, 5.41) is 9.73. The molecule has 0 aliphatic rings. The molecule has 0 aliphatic carbocycles. The van der Waals surface area contributed by atoms with Gasteiger partial charge in [0.05, 0.1) is 11.6 Å². The summed E-state index contributed by atoms with van der Waals surface area (Å²) in [6, 6.07) is 4.65. The summed E-state index contributed by atoms with van der Waals surface area (Å²) >= 11 is 5.66. The number of benzene rings is 1. The van der Waals surface area contributed by atoms with Crippen molar-refractivity contribution in [2.24, 2.45) is 0 Å². The lowest BCUT2D eigenvalue weighted by atomic mass is 10.2. The van der Waals surface area contributed by atoms with E-state index in [4.69, 9.17) is 11.6 Å². The van der Waals surface area contributed by atoms with E-state index in [1.807, 2.05) is 0 Å². The van der Waals surface area contributed by atoms with Crippen LogP contribution in [0.2, 0.25) is 5.02 Å². The van der Waals surface area contributed by atoms with Gasteiger partial charge in [0.2, 0.25) is 0 Å². The van der Waals surface area contributed by atoms with Crippen LogP contribution in [0.1, 0.15) is 11.4 Å². The summed E-state index contributed by atoms with van der Waals surface area (Å²) < 4.78 is 12.9. The quantitative estimate of drug-likeness (QED) is 0.858. The molecule has 1 aromatic carbocycles. The van der Waals surface area contributed by atoms with Gasteiger partial charge in [0.25, 0.3) is 0 Å². The van der Waals surface area contributed by atoms with E-state index in [-0.39, 0.29) is 5.02 Å². The van der Waals surface area contributed by atoms with Crippen molar-refractivity contribution in [3.8, 4) is 0 Å². The third-order valence-corrected chi connectivity index (χ3v) is 2.36. The van der Waals surface area contributed by atoms with Gasteiger partial charge in [0, 0.05) is 6.54 Å². The maximum atomic E-state index is 12.9. The molecule has 1 heterocycles. The predicted octanol–water partition coefficient (Wildman–Crippen LogP) is 1.89. The number of nitrogens with one attached hydrogen (secondary N) is 2. The van der Waals surface area contributed by atoms with Crippen LogP contribution < -0.4 is 5.32 Å². The molecule has 0 spiro atoms. The maximum Gasteiger partial charge on any atom is 0.141 e. The molecule has 1 aromatic heterocycles. The molecule has 0 saturated carbocycles. The largest absolute Gasteiger partial charge is 0.306 e. The van der Waals surface area contributed by atoms with Crippen molar-refractivity contribution >= 4 is 11.6 Å². The normalized spacial score (nSPS) is 10.6. The molecule has 84 valence electrons. The van der Waals surface area contributed by atoms with E-state index in [1.165, 1.54) is 12.4 Å². The van der Waals surface area contributed by atoms with Crippen molar-refractivity contribution < 1.29 is 4.39 Å². The van der Waals surface area contributed by atoms with Gasteiger partial charge in [0.1, 0.15) is 18.0 Å². The number of rotatable bonds is 4. The van der Waals surface area contributed by atoms with Crippen LogP contribution in [0.3, 0.4) is 0 Å². The van der Waals surface area contributed by atoms with E-state index in [0.29, 0.717) is 13.1 Å². The Morgan fingerprint density at radius 3 is 2.94 bits per heavy atom. The van der Waals surface area contributed by atoms with Gasteiger partial charge in [-0.05, 0) is 17.7 Å². The Balaban J connectivity index is 1.87. The van der Waals surface area contributed by atoms with Gasteiger partial charge in [-0.2, -0.15) is 5.10 Å². The summed E-state index contributed by atoms with van der Waals surface area (Å²) in [4.78, 5) is 3.96. The van der Waals surface area contributed by atoms with Crippen molar-refractivity contribution in [2.45, 2.75) is 13.1 Å². The van der Waals surface area contributed by atoms with E-state index in [2.05, 4.69) is 20.5 Å². The molecule has 4 nitrogen and oxygen atoms in total. The standard InChI is InChI=1S/C10H10ClFN4/c11-8-3-7(1-2-9(8)12)4-13-5-10-14-6-15-16-10/h1-3,6,13H,4-5H2,(H,14,15,16). The van der Waals surface area contributed by atoms with Crippen LogP contribution in [0, 0.1) is 5.82 Å². The topological polar surface area (TPSA) is 53.6 Å². The average molecular weight is 241 g/mol. The van der Waals surface area contributed by atoms with Crippen molar-refractivity contribution in [1.82, 2.24) is 20.5 Å². The smallest absolute Gasteiger partial charge is 0.141 e. The summed E-state index contributed by atoms with van der Waals surface area (Å²) in [7, 11) is 0. The molecule has 0 fully saturated rings. The first-order valence-electron chi connectivity index (χ1n) is 4.74. The van der Waals surface area contributed by atoms with Gasteiger partial charge in [-0.15, -0.1) is 0 Å². The molecule has 0 saturated heterocycles. The highest BCUT2D eigenvalue weighted by atomic mass is 35.5. The molecule has 0 atom stereocenters. The lowest BCUT2D eigenvalue weighted by molar-refractivity contribution is 0.624. The Morgan fingerprint density at radius 1 is 1.38 bits per heavy atom. The Morgan fingerprint density at radius 2 is 2.25 bits per heavy atom. The zero-order valence-electron chi connectivity index (χ0n) is 8.37. The zero-order valence-corrected chi connectivity index (χ0v) is 9.13. The molecule has 2 aromatic rings. The maximum absolute atomic E-state index is 12.9. The first-order chi connectivity index (χ1) is 7.75. The number of H-pyrrole nitrogens is 1. The number of aromatic nitrogens is 3. The van der Waals surface area contributed by atoms with Crippen LogP contribution >= 0.6 is 11.6 Å².